The molecule has 0 spiro atoms. The van der Waals surface area contributed by atoms with Gasteiger partial charge in [-0.2, -0.15) is 0 Å². The number of methoxy groups -OCH3 is 1. The molecule has 3 rings (SSSR count). The summed E-state index contributed by atoms with van der Waals surface area (Å²) >= 11 is 1.41. The number of benzene rings is 1. The minimum Gasteiger partial charge on any atom is -0.497 e. The molecule has 0 saturated carbocycles. The highest BCUT2D eigenvalue weighted by molar-refractivity contribution is 7.13. The molecule has 1 aliphatic heterocycles. The number of carbonyl (C=O) groups excluding carboxylic acids is 1. The summed E-state index contributed by atoms with van der Waals surface area (Å²) in [6, 6.07) is 8.13. The smallest absolute Gasteiger partial charge is 0.263 e. The fraction of sp³-hybridized carbons (Fsp3) is 0.444. The van der Waals surface area contributed by atoms with E-state index < -0.39 is 0 Å². The molecule has 2 heterocycles. The lowest BCUT2D eigenvalue weighted by Gasteiger charge is -2.35. The van der Waals surface area contributed by atoms with E-state index in [9.17, 15) is 4.79 Å². The van der Waals surface area contributed by atoms with Crippen molar-refractivity contribution in [2.24, 2.45) is 0 Å². The van der Waals surface area contributed by atoms with Crippen LogP contribution in [0.3, 0.4) is 0 Å². The Kier molecular flexibility index (Phi) is 6.01. The first-order chi connectivity index (χ1) is 12.2. The molecule has 1 aromatic heterocycles. The van der Waals surface area contributed by atoms with E-state index in [4.69, 9.17) is 9.47 Å². The second-order valence-electron chi connectivity index (χ2n) is 5.89. The number of ether oxygens (including phenoxy) is 2. The van der Waals surface area contributed by atoms with Crippen molar-refractivity contribution in [2.45, 2.75) is 13.0 Å². The van der Waals surface area contributed by atoms with Crippen LogP contribution in [0.1, 0.15) is 26.3 Å². The minimum atomic E-state index is -0.0719. The van der Waals surface area contributed by atoms with Gasteiger partial charge in [0.15, 0.2) is 0 Å². The third-order valence-electron chi connectivity index (χ3n) is 4.29. The molecular weight excluding hydrogens is 338 g/mol. The second kappa shape index (κ2) is 8.42. The number of thiazole rings is 1. The zero-order chi connectivity index (χ0) is 17.6. The zero-order valence-corrected chi connectivity index (χ0v) is 15.3. The van der Waals surface area contributed by atoms with Gasteiger partial charge in [-0.05, 0) is 24.6 Å². The van der Waals surface area contributed by atoms with Gasteiger partial charge in [-0.15, -0.1) is 11.3 Å². The summed E-state index contributed by atoms with van der Waals surface area (Å²) in [5.41, 5.74) is 1.16. The average Bonchev–Trinajstić information content (AvgIpc) is 3.10. The Morgan fingerprint density at radius 3 is 2.68 bits per heavy atom. The van der Waals surface area contributed by atoms with Crippen LogP contribution in [0, 0.1) is 6.92 Å². The first-order valence-corrected chi connectivity index (χ1v) is 9.15. The largest absolute Gasteiger partial charge is 0.497 e. The number of nitrogens with zero attached hydrogens (tertiary/aromatic N) is 2. The van der Waals surface area contributed by atoms with Gasteiger partial charge >= 0.3 is 0 Å². The van der Waals surface area contributed by atoms with Gasteiger partial charge in [0.1, 0.15) is 10.6 Å². The maximum Gasteiger partial charge on any atom is 0.263 e. The SMILES string of the molecule is COc1ccc(C(CNC(=O)c2cnc(C)s2)N2CCOCC2)cc1. The van der Waals surface area contributed by atoms with Gasteiger partial charge < -0.3 is 14.8 Å². The molecule has 134 valence electrons. The predicted octanol–water partition coefficient (Wildman–Crippen LogP) is 2.26. The number of hydrogen-bond acceptors (Lipinski definition) is 6. The van der Waals surface area contributed by atoms with E-state index in [1.165, 1.54) is 11.3 Å². The summed E-state index contributed by atoms with van der Waals surface area (Å²) in [7, 11) is 1.66. The van der Waals surface area contributed by atoms with Crippen molar-refractivity contribution < 1.29 is 14.3 Å². The van der Waals surface area contributed by atoms with Crippen LogP contribution in [-0.4, -0.2) is 55.7 Å². The summed E-state index contributed by atoms with van der Waals surface area (Å²) in [5.74, 6) is 0.756. The van der Waals surface area contributed by atoms with Crippen molar-refractivity contribution in [3.63, 3.8) is 0 Å². The van der Waals surface area contributed by atoms with Crippen LogP contribution in [0.15, 0.2) is 30.5 Å². The van der Waals surface area contributed by atoms with Crippen molar-refractivity contribution in [3.8, 4) is 5.75 Å². The number of amides is 1. The van der Waals surface area contributed by atoms with Gasteiger partial charge in [0.25, 0.3) is 5.91 Å². The zero-order valence-electron chi connectivity index (χ0n) is 14.5. The van der Waals surface area contributed by atoms with Crippen molar-refractivity contribution in [2.75, 3.05) is 40.0 Å². The number of aryl methyl sites for hydroxylation is 1. The molecule has 1 unspecified atom stereocenters. The molecule has 1 fully saturated rings. The fourth-order valence-electron chi connectivity index (χ4n) is 2.92. The molecule has 6 nitrogen and oxygen atoms in total. The highest BCUT2D eigenvalue weighted by Gasteiger charge is 2.23. The molecule has 1 amide bonds. The molecule has 1 saturated heterocycles. The molecule has 2 aromatic rings. The standard InChI is InChI=1S/C18H23N3O3S/c1-13-19-12-17(25-13)18(22)20-11-16(21-7-9-24-10-8-21)14-3-5-15(23-2)6-4-14/h3-6,12,16H,7-11H2,1-2H3,(H,20,22). The predicted molar refractivity (Wildman–Crippen MR) is 97.3 cm³/mol. The summed E-state index contributed by atoms with van der Waals surface area (Å²) < 4.78 is 10.7. The lowest BCUT2D eigenvalue weighted by atomic mass is 10.0. The molecule has 0 bridgehead atoms. The van der Waals surface area contributed by atoms with Crippen molar-refractivity contribution in [1.82, 2.24) is 15.2 Å². The van der Waals surface area contributed by atoms with Gasteiger partial charge in [0.2, 0.25) is 0 Å². The molecule has 1 aliphatic rings. The Hall–Kier alpha value is -1.96. The normalized spacial score (nSPS) is 16.4. The molecule has 0 radical (unpaired) electrons. The van der Waals surface area contributed by atoms with Gasteiger partial charge in [0.05, 0.1) is 37.6 Å². The Morgan fingerprint density at radius 1 is 1.36 bits per heavy atom. The first kappa shape index (κ1) is 17.8. The van der Waals surface area contributed by atoms with Crippen LogP contribution < -0.4 is 10.1 Å². The summed E-state index contributed by atoms with van der Waals surface area (Å²) in [4.78, 5) is 19.5. The number of carbonyl (C=O) groups is 1. The lowest BCUT2D eigenvalue weighted by Crippen LogP contribution is -2.43. The van der Waals surface area contributed by atoms with Crippen LogP contribution in [0.25, 0.3) is 0 Å². The Bertz CT molecular complexity index is 696. The van der Waals surface area contributed by atoms with Crippen molar-refractivity contribution in [1.29, 1.82) is 0 Å². The highest BCUT2D eigenvalue weighted by Crippen LogP contribution is 2.24. The van der Waals surface area contributed by atoms with Crippen LogP contribution in [0.5, 0.6) is 5.75 Å². The number of hydrogen-bond donors (Lipinski definition) is 1. The maximum atomic E-state index is 12.4. The van der Waals surface area contributed by atoms with E-state index >= 15 is 0 Å². The van der Waals surface area contributed by atoms with E-state index in [1.54, 1.807) is 13.3 Å². The molecule has 1 atom stereocenters. The van der Waals surface area contributed by atoms with E-state index in [0.29, 0.717) is 24.6 Å². The Morgan fingerprint density at radius 2 is 2.08 bits per heavy atom. The molecule has 1 N–H and O–H groups in total. The molecule has 0 aliphatic carbocycles. The number of aromatic nitrogens is 1. The number of morpholine rings is 1. The topological polar surface area (TPSA) is 63.7 Å². The quantitative estimate of drug-likeness (QED) is 0.855. The van der Waals surface area contributed by atoms with Crippen LogP contribution in [0.4, 0.5) is 0 Å². The fourth-order valence-corrected chi connectivity index (χ4v) is 3.61. The molecular formula is C18H23N3O3S. The highest BCUT2D eigenvalue weighted by atomic mass is 32.1. The van der Waals surface area contributed by atoms with Gasteiger partial charge in [0, 0.05) is 19.6 Å². The number of nitrogens with one attached hydrogen (secondary N) is 1. The average molecular weight is 361 g/mol. The first-order valence-electron chi connectivity index (χ1n) is 8.34. The minimum absolute atomic E-state index is 0.0719. The van der Waals surface area contributed by atoms with Crippen LogP contribution in [-0.2, 0) is 4.74 Å². The number of rotatable bonds is 6. The summed E-state index contributed by atoms with van der Waals surface area (Å²) in [6.45, 7) is 5.58. The van der Waals surface area contributed by atoms with Gasteiger partial charge in [-0.3, -0.25) is 9.69 Å². The molecule has 7 heteroatoms. The van der Waals surface area contributed by atoms with Gasteiger partial charge in [-0.25, -0.2) is 4.98 Å². The Labute approximate surface area is 151 Å². The Balaban J connectivity index is 1.72. The van der Waals surface area contributed by atoms with E-state index in [0.717, 1.165) is 29.4 Å². The van der Waals surface area contributed by atoms with Gasteiger partial charge in [-0.1, -0.05) is 12.1 Å². The molecule has 1 aromatic carbocycles. The van der Waals surface area contributed by atoms with E-state index in [-0.39, 0.29) is 11.9 Å². The van der Waals surface area contributed by atoms with E-state index in [1.807, 2.05) is 19.1 Å². The van der Waals surface area contributed by atoms with Crippen LogP contribution in [0.2, 0.25) is 0 Å². The van der Waals surface area contributed by atoms with Crippen molar-refractivity contribution >= 4 is 17.2 Å². The van der Waals surface area contributed by atoms with Crippen molar-refractivity contribution in [3.05, 3.63) is 45.9 Å². The maximum absolute atomic E-state index is 12.4. The third kappa shape index (κ3) is 4.56. The molecule has 25 heavy (non-hydrogen) atoms. The third-order valence-corrected chi connectivity index (χ3v) is 5.20. The monoisotopic (exact) mass is 361 g/mol. The van der Waals surface area contributed by atoms with E-state index in [2.05, 4.69) is 27.3 Å². The summed E-state index contributed by atoms with van der Waals surface area (Å²) in [6.07, 6.45) is 1.63. The lowest BCUT2D eigenvalue weighted by molar-refractivity contribution is 0.0162. The van der Waals surface area contributed by atoms with Crippen LogP contribution >= 0.6 is 11.3 Å². The summed E-state index contributed by atoms with van der Waals surface area (Å²) in [5, 5.41) is 3.95. The second-order valence-corrected chi connectivity index (χ2v) is 7.13.